The van der Waals surface area contributed by atoms with E-state index in [1.165, 1.54) is 6.92 Å². The van der Waals surface area contributed by atoms with Crippen LogP contribution in [0.25, 0.3) is 11.1 Å². The number of benzene rings is 2. The van der Waals surface area contributed by atoms with Crippen molar-refractivity contribution in [3.8, 4) is 11.1 Å². The smallest absolute Gasteiger partial charge is 0.407 e. The Bertz CT molecular complexity index is 1720. The summed E-state index contributed by atoms with van der Waals surface area (Å²) in [6.07, 6.45) is 0.0901. The number of rotatable bonds is 12. The van der Waals surface area contributed by atoms with E-state index in [4.69, 9.17) is 9.29 Å². The molecule has 43 heavy (non-hydrogen) atoms. The van der Waals surface area contributed by atoms with Crippen molar-refractivity contribution < 1.29 is 41.4 Å². The highest BCUT2D eigenvalue weighted by Gasteiger charge is 2.30. The lowest BCUT2D eigenvalue weighted by Gasteiger charge is -2.27. The molecule has 2 aromatic carbocycles. The van der Waals surface area contributed by atoms with E-state index < -0.39 is 71.9 Å². The van der Waals surface area contributed by atoms with Crippen molar-refractivity contribution in [3.05, 3.63) is 92.3 Å². The van der Waals surface area contributed by atoms with E-state index in [1.54, 1.807) is 0 Å². The molecule has 15 nitrogen and oxygen atoms in total. The zero-order chi connectivity index (χ0) is 31.3. The molecule has 0 saturated carbocycles. The second-order valence-electron chi connectivity index (χ2n) is 9.75. The molecule has 0 bridgehead atoms. The molecule has 1 aliphatic carbocycles. The molecular formula is C27H28N4O11S. The molecule has 1 heterocycles. The predicted molar refractivity (Wildman–Crippen MR) is 150 cm³/mol. The normalized spacial score (nSPS) is 13.1. The summed E-state index contributed by atoms with van der Waals surface area (Å²) in [5.74, 6) is -2.66. The van der Waals surface area contributed by atoms with Gasteiger partial charge in [0.15, 0.2) is 0 Å². The Morgan fingerprint density at radius 2 is 1.67 bits per heavy atom. The number of carbonyl (C=O) groups is 3. The number of amides is 2. The summed E-state index contributed by atoms with van der Waals surface area (Å²) in [7, 11) is -4.98. The largest absolute Gasteiger partial charge is 0.480 e. The van der Waals surface area contributed by atoms with Gasteiger partial charge in [-0.05, 0) is 29.2 Å². The van der Waals surface area contributed by atoms with Crippen LogP contribution in [0.2, 0.25) is 0 Å². The van der Waals surface area contributed by atoms with Crippen LogP contribution in [0, 0.1) is 6.92 Å². The lowest BCUT2D eigenvalue weighted by atomic mass is 9.98. The van der Waals surface area contributed by atoms with Crippen LogP contribution in [0.15, 0.2) is 64.3 Å². The van der Waals surface area contributed by atoms with Gasteiger partial charge in [0.1, 0.15) is 19.7 Å². The molecule has 228 valence electrons. The molecule has 0 aliphatic heterocycles. The van der Waals surface area contributed by atoms with E-state index in [9.17, 15) is 37.5 Å². The number of nitrogens with zero attached hydrogens (tertiary/aromatic N) is 2. The topological polar surface area (TPSA) is 214 Å². The molecule has 0 fully saturated rings. The Kier molecular flexibility index (Phi) is 9.43. The number of ether oxygens (including phenoxy) is 1. The maximum Gasteiger partial charge on any atom is 0.407 e. The lowest BCUT2D eigenvalue weighted by molar-refractivity contribution is -0.145. The van der Waals surface area contributed by atoms with E-state index in [1.807, 2.05) is 53.5 Å². The number of hydrogen-bond acceptors (Lipinski definition) is 9. The van der Waals surface area contributed by atoms with E-state index in [2.05, 4.69) is 9.50 Å². The fourth-order valence-electron chi connectivity index (χ4n) is 4.78. The van der Waals surface area contributed by atoms with Crippen molar-refractivity contribution in [3.63, 3.8) is 0 Å². The molecule has 0 radical (unpaired) electrons. The third kappa shape index (κ3) is 7.94. The second-order valence-corrected chi connectivity index (χ2v) is 10.8. The lowest BCUT2D eigenvalue weighted by Crippen LogP contribution is -2.51. The van der Waals surface area contributed by atoms with E-state index in [0.717, 1.165) is 37.9 Å². The Hall–Kier alpha value is -4.80. The molecule has 0 unspecified atom stereocenters. The van der Waals surface area contributed by atoms with Gasteiger partial charge in [0.2, 0.25) is 5.91 Å². The van der Waals surface area contributed by atoms with Crippen LogP contribution in [0.3, 0.4) is 0 Å². The number of nitrogens with one attached hydrogen (secondary N) is 2. The van der Waals surface area contributed by atoms with E-state index in [0.29, 0.717) is 0 Å². The minimum Gasteiger partial charge on any atom is -0.480 e. The number of carboxylic acids is 1. The number of aliphatic carboxylic acids is 1. The van der Waals surface area contributed by atoms with Crippen LogP contribution in [0.1, 0.15) is 22.6 Å². The first-order valence-electron chi connectivity index (χ1n) is 12.9. The summed E-state index contributed by atoms with van der Waals surface area (Å²) in [5, 5.41) is 11.7. The number of aromatic nitrogens is 2. The molecule has 2 amide bonds. The van der Waals surface area contributed by atoms with Crippen LogP contribution in [-0.2, 0) is 35.5 Å². The summed E-state index contributed by atoms with van der Waals surface area (Å²) in [6, 6.07) is 13.8. The van der Waals surface area contributed by atoms with E-state index >= 15 is 0 Å². The van der Waals surface area contributed by atoms with Gasteiger partial charge in [-0.2, -0.15) is 8.42 Å². The van der Waals surface area contributed by atoms with Crippen LogP contribution in [0.5, 0.6) is 0 Å². The third-order valence-electron chi connectivity index (χ3n) is 6.70. The number of alkyl carbamates (subject to hydrolysis) is 1. The highest BCUT2D eigenvalue weighted by Crippen LogP contribution is 2.44. The second kappa shape index (κ2) is 13.0. The zero-order valence-electron chi connectivity index (χ0n) is 22.8. The predicted octanol–water partition coefficient (Wildman–Crippen LogP) is 0.485. The standard InChI is InChI=1S/C27H28N4O11S/c1-16-10-31(26(36)29-25(16)35)12-23(32)30(13-24(33)34)11-17(14-42-43(38,39)40)28-27(37)41-15-22-20-8-4-2-6-18(20)19-7-3-5-9-21(19)22/h2-10,17,22H,11-15H2,1H3,(H,28,37)(H,33,34)(H,29,35,36)(H,38,39,40)/t17-/m1/s1. The Labute approximate surface area is 244 Å². The number of aryl methyl sites for hydroxylation is 1. The van der Waals surface area contributed by atoms with Gasteiger partial charge in [-0.3, -0.25) is 28.5 Å². The van der Waals surface area contributed by atoms with Crippen molar-refractivity contribution in [1.82, 2.24) is 19.8 Å². The van der Waals surface area contributed by atoms with Gasteiger partial charge < -0.3 is 20.1 Å². The number of fused-ring (bicyclic) bond motifs is 3. The molecule has 1 atom stereocenters. The van der Waals surface area contributed by atoms with Crippen molar-refractivity contribution in [1.29, 1.82) is 0 Å². The fourth-order valence-corrected chi connectivity index (χ4v) is 5.12. The molecule has 0 saturated heterocycles. The Balaban J connectivity index is 1.49. The molecule has 1 aromatic heterocycles. The van der Waals surface area contributed by atoms with Crippen LogP contribution >= 0.6 is 0 Å². The highest BCUT2D eigenvalue weighted by molar-refractivity contribution is 7.80. The number of carbonyl (C=O) groups excluding carboxylic acids is 2. The van der Waals surface area contributed by atoms with Gasteiger partial charge >= 0.3 is 28.2 Å². The first kappa shape index (κ1) is 31.1. The van der Waals surface area contributed by atoms with Gasteiger partial charge in [-0.15, -0.1) is 0 Å². The minimum absolute atomic E-state index is 0.0992. The fraction of sp³-hybridized carbons (Fsp3) is 0.296. The molecule has 16 heteroatoms. The zero-order valence-corrected chi connectivity index (χ0v) is 23.6. The van der Waals surface area contributed by atoms with Crippen molar-refractivity contribution in [2.45, 2.75) is 25.4 Å². The van der Waals surface area contributed by atoms with Crippen LogP contribution < -0.4 is 16.6 Å². The summed E-state index contributed by atoms with van der Waals surface area (Å²) >= 11 is 0. The number of carboxylic acid groups (broad SMARTS) is 1. The number of aromatic amines is 1. The molecule has 1 aliphatic rings. The molecule has 0 spiro atoms. The summed E-state index contributed by atoms with van der Waals surface area (Å²) in [5.41, 5.74) is 2.40. The summed E-state index contributed by atoms with van der Waals surface area (Å²) < 4.78 is 42.2. The monoisotopic (exact) mass is 616 g/mol. The maximum atomic E-state index is 13.0. The van der Waals surface area contributed by atoms with Gasteiger partial charge in [-0.1, -0.05) is 48.5 Å². The van der Waals surface area contributed by atoms with Gasteiger partial charge in [0.05, 0.1) is 12.6 Å². The maximum absolute atomic E-state index is 13.0. The van der Waals surface area contributed by atoms with Crippen molar-refractivity contribution in [2.75, 3.05) is 26.3 Å². The third-order valence-corrected chi connectivity index (χ3v) is 7.13. The average molecular weight is 617 g/mol. The van der Waals surface area contributed by atoms with Crippen LogP contribution in [0.4, 0.5) is 4.79 Å². The van der Waals surface area contributed by atoms with Crippen molar-refractivity contribution >= 4 is 28.4 Å². The van der Waals surface area contributed by atoms with Gasteiger partial charge in [0, 0.05) is 24.2 Å². The van der Waals surface area contributed by atoms with Gasteiger partial charge in [-0.25, -0.2) is 13.8 Å². The van der Waals surface area contributed by atoms with Gasteiger partial charge in [0.25, 0.3) is 5.56 Å². The summed E-state index contributed by atoms with van der Waals surface area (Å²) in [6.45, 7) is -1.77. The first-order chi connectivity index (χ1) is 20.3. The average Bonchev–Trinajstić information content (AvgIpc) is 3.26. The molecule has 3 aromatic rings. The molecule has 4 N–H and O–H groups in total. The van der Waals surface area contributed by atoms with E-state index in [-0.39, 0.29) is 18.1 Å². The van der Waals surface area contributed by atoms with Crippen LogP contribution in [-0.4, -0.2) is 82.8 Å². The minimum atomic E-state index is -4.98. The molecular weight excluding hydrogens is 588 g/mol. The Morgan fingerprint density at radius 1 is 1.07 bits per heavy atom. The molecule has 4 rings (SSSR count). The number of hydrogen-bond donors (Lipinski definition) is 4. The highest BCUT2D eigenvalue weighted by atomic mass is 32.3. The Morgan fingerprint density at radius 3 is 2.26 bits per heavy atom. The SMILES string of the molecule is Cc1cn(CC(=O)N(CC(=O)O)C[C@H](COS(=O)(=O)O)NC(=O)OCC2c3ccccc3-c3ccccc32)c(=O)[nH]c1=O. The number of H-pyrrole nitrogens is 1. The summed E-state index contributed by atoms with van der Waals surface area (Å²) in [4.78, 5) is 63.9. The van der Waals surface area contributed by atoms with Crippen molar-refractivity contribution in [2.24, 2.45) is 0 Å². The first-order valence-corrected chi connectivity index (χ1v) is 14.2. The quantitative estimate of drug-likeness (QED) is 0.205.